The van der Waals surface area contributed by atoms with Crippen LogP contribution in [0.2, 0.25) is 0 Å². The molecule has 2 aromatic heterocycles. The van der Waals surface area contributed by atoms with E-state index in [-0.39, 0.29) is 29.9 Å². The molecule has 30 heavy (non-hydrogen) atoms. The molecule has 1 fully saturated rings. The zero-order chi connectivity index (χ0) is 21.3. The maximum Gasteiger partial charge on any atom is 0.276 e. The van der Waals surface area contributed by atoms with E-state index in [1.165, 1.54) is 29.4 Å². The molecule has 2 atom stereocenters. The van der Waals surface area contributed by atoms with E-state index in [4.69, 9.17) is 8.94 Å². The predicted octanol–water partition coefficient (Wildman–Crippen LogP) is 3.80. The number of rotatable bonds is 5. The van der Waals surface area contributed by atoms with Crippen LogP contribution in [-0.4, -0.2) is 34.5 Å². The van der Waals surface area contributed by atoms with Gasteiger partial charge in [-0.1, -0.05) is 19.0 Å². The van der Waals surface area contributed by atoms with Crippen LogP contribution in [0, 0.1) is 11.7 Å². The monoisotopic (exact) mass is 411 g/mol. The molecular weight excluding hydrogens is 389 g/mol. The summed E-state index contributed by atoms with van der Waals surface area (Å²) in [5.41, 5.74) is 0.697. The summed E-state index contributed by atoms with van der Waals surface area (Å²) in [5.74, 6) is 0.146. The zero-order valence-electron chi connectivity index (χ0n) is 16.7. The third-order valence-corrected chi connectivity index (χ3v) is 5.07. The summed E-state index contributed by atoms with van der Waals surface area (Å²) < 4.78 is 23.9. The van der Waals surface area contributed by atoms with Gasteiger partial charge in [-0.05, 0) is 48.7 Å². The largest absolute Gasteiger partial charge is 0.467 e. The first-order chi connectivity index (χ1) is 14.4. The number of hydrogen-bond donors (Lipinski definition) is 1. The molecule has 3 heterocycles. The van der Waals surface area contributed by atoms with Crippen molar-refractivity contribution in [1.29, 1.82) is 0 Å². The fourth-order valence-corrected chi connectivity index (χ4v) is 3.61. The molecule has 0 radical (unpaired) electrons. The van der Waals surface area contributed by atoms with Crippen molar-refractivity contribution in [2.24, 2.45) is 5.92 Å². The molecule has 0 saturated carbocycles. The molecule has 1 N–H and O–H groups in total. The number of piperazine rings is 1. The lowest BCUT2D eigenvalue weighted by Crippen LogP contribution is -2.58. The molecule has 0 bridgehead atoms. The number of carbonyl (C=O) groups is 2. The number of carbonyl (C=O) groups excluding carboxylic acids is 2. The average Bonchev–Trinajstić information content (AvgIpc) is 3.41. The van der Waals surface area contributed by atoms with Gasteiger partial charge in [-0.2, -0.15) is 0 Å². The number of hydrogen-bond acceptors (Lipinski definition) is 5. The summed E-state index contributed by atoms with van der Waals surface area (Å²) in [7, 11) is 0. The van der Waals surface area contributed by atoms with Crippen LogP contribution in [0.15, 0.2) is 57.7 Å². The van der Waals surface area contributed by atoms with Gasteiger partial charge in [0.15, 0.2) is 11.5 Å². The van der Waals surface area contributed by atoms with Crippen molar-refractivity contribution in [3.63, 3.8) is 0 Å². The molecule has 8 heteroatoms. The minimum Gasteiger partial charge on any atom is -0.467 e. The summed E-state index contributed by atoms with van der Waals surface area (Å²) in [5, 5.41) is 6.84. The molecule has 1 aliphatic rings. The van der Waals surface area contributed by atoms with Crippen molar-refractivity contribution in [3.8, 4) is 11.3 Å². The Hall–Kier alpha value is -3.42. The normalized spacial score (nSPS) is 19.2. The molecule has 156 valence electrons. The van der Waals surface area contributed by atoms with E-state index in [1.54, 1.807) is 24.3 Å². The van der Waals surface area contributed by atoms with E-state index in [1.807, 2.05) is 13.8 Å². The lowest BCUT2D eigenvalue weighted by Gasteiger charge is -2.39. The SMILES string of the molecule is CC(C)CC1C(=O)NC(c2ccco2)CN1C(=O)c1cc(-c2ccc(F)cc2)on1. The van der Waals surface area contributed by atoms with Crippen LogP contribution in [0.1, 0.15) is 42.6 Å². The van der Waals surface area contributed by atoms with Crippen LogP contribution in [0.25, 0.3) is 11.3 Å². The molecular formula is C22H22FN3O4. The second kappa shape index (κ2) is 8.14. The van der Waals surface area contributed by atoms with Crippen LogP contribution in [0.5, 0.6) is 0 Å². The third-order valence-electron chi connectivity index (χ3n) is 5.07. The Labute approximate surface area is 172 Å². The molecule has 2 unspecified atom stereocenters. The van der Waals surface area contributed by atoms with E-state index >= 15 is 0 Å². The van der Waals surface area contributed by atoms with Crippen LogP contribution in [0.3, 0.4) is 0 Å². The standard InChI is InChI=1S/C22H22FN3O4/c1-13(2)10-18-21(27)24-17(19-4-3-9-29-19)12-26(18)22(28)16-11-20(30-25-16)14-5-7-15(23)8-6-14/h3-9,11,13,17-18H,10,12H2,1-2H3,(H,24,27). The lowest BCUT2D eigenvalue weighted by molar-refractivity contribution is -0.130. The first-order valence-electron chi connectivity index (χ1n) is 9.79. The Balaban J connectivity index is 1.61. The molecule has 2 amide bonds. The summed E-state index contributed by atoms with van der Waals surface area (Å²) in [4.78, 5) is 27.6. The summed E-state index contributed by atoms with van der Waals surface area (Å²) in [6, 6.07) is 9.66. The van der Waals surface area contributed by atoms with Gasteiger partial charge < -0.3 is 19.2 Å². The van der Waals surface area contributed by atoms with Gasteiger partial charge in [-0.15, -0.1) is 0 Å². The molecule has 0 aliphatic carbocycles. The Morgan fingerprint density at radius 1 is 1.30 bits per heavy atom. The highest BCUT2D eigenvalue weighted by atomic mass is 19.1. The number of amides is 2. The van der Waals surface area contributed by atoms with Crippen molar-refractivity contribution in [3.05, 3.63) is 66.0 Å². The number of aromatic nitrogens is 1. The molecule has 4 rings (SSSR count). The van der Waals surface area contributed by atoms with E-state index < -0.39 is 18.0 Å². The van der Waals surface area contributed by atoms with Gasteiger partial charge in [-0.3, -0.25) is 9.59 Å². The highest BCUT2D eigenvalue weighted by molar-refractivity contribution is 5.97. The second-order valence-corrected chi connectivity index (χ2v) is 7.76. The third kappa shape index (κ3) is 3.98. The molecule has 1 saturated heterocycles. The minimum atomic E-state index is -0.616. The van der Waals surface area contributed by atoms with Gasteiger partial charge in [0.25, 0.3) is 5.91 Å². The van der Waals surface area contributed by atoms with Crippen molar-refractivity contribution >= 4 is 11.8 Å². The summed E-state index contributed by atoms with van der Waals surface area (Å²) in [6.45, 7) is 4.25. The number of furan rings is 1. The first kappa shape index (κ1) is 19.9. The van der Waals surface area contributed by atoms with Gasteiger partial charge in [0.05, 0.1) is 6.26 Å². The van der Waals surface area contributed by atoms with Crippen LogP contribution < -0.4 is 5.32 Å². The lowest BCUT2D eigenvalue weighted by atomic mass is 9.97. The Morgan fingerprint density at radius 2 is 2.07 bits per heavy atom. The minimum absolute atomic E-state index is 0.0935. The number of halogens is 1. The fraction of sp³-hybridized carbons (Fsp3) is 0.318. The number of nitrogens with one attached hydrogen (secondary N) is 1. The Bertz CT molecular complexity index is 1030. The maximum atomic E-state index is 13.3. The molecule has 0 spiro atoms. The molecule has 1 aliphatic heterocycles. The van der Waals surface area contributed by atoms with Crippen molar-refractivity contribution in [1.82, 2.24) is 15.4 Å². The predicted molar refractivity (Wildman–Crippen MR) is 106 cm³/mol. The maximum absolute atomic E-state index is 13.3. The highest BCUT2D eigenvalue weighted by Gasteiger charge is 2.40. The van der Waals surface area contributed by atoms with E-state index in [0.717, 1.165) is 0 Å². The van der Waals surface area contributed by atoms with Crippen LogP contribution >= 0.6 is 0 Å². The second-order valence-electron chi connectivity index (χ2n) is 7.76. The molecule has 3 aromatic rings. The molecule has 1 aromatic carbocycles. The van der Waals surface area contributed by atoms with Crippen LogP contribution in [0.4, 0.5) is 4.39 Å². The van der Waals surface area contributed by atoms with Gasteiger partial charge >= 0.3 is 0 Å². The zero-order valence-corrected chi connectivity index (χ0v) is 16.7. The number of nitrogens with zero attached hydrogens (tertiary/aromatic N) is 2. The quantitative estimate of drug-likeness (QED) is 0.690. The Morgan fingerprint density at radius 3 is 2.73 bits per heavy atom. The highest BCUT2D eigenvalue weighted by Crippen LogP contribution is 2.27. The summed E-state index contributed by atoms with van der Waals surface area (Å²) >= 11 is 0. The first-order valence-corrected chi connectivity index (χ1v) is 9.79. The van der Waals surface area contributed by atoms with E-state index in [2.05, 4.69) is 10.5 Å². The average molecular weight is 411 g/mol. The van der Waals surface area contributed by atoms with E-state index in [9.17, 15) is 14.0 Å². The Kier molecular flexibility index (Phi) is 5.39. The van der Waals surface area contributed by atoms with Gasteiger partial charge in [0, 0.05) is 18.2 Å². The fourth-order valence-electron chi connectivity index (χ4n) is 3.61. The summed E-state index contributed by atoms with van der Waals surface area (Å²) in [6.07, 6.45) is 2.05. The molecule has 7 nitrogen and oxygen atoms in total. The van der Waals surface area contributed by atoms with Crippen molar-refractivity contribution < 1.29 is 22.9 Å². The van der Waals surface area contributed by atoms with Gasteiger partial charge in [0.2, 0.25) is 5.91 Å². The van der Waals surface area contributed by atoms with Crippen molar-refractivity contribution in [2.75, 3.05) is 6.54 Å². The topological polar surface area (TPSA) is 88.6 Å². The van der Waals surface area contributed by atoms with Crippen LogP contribution in [-0.2, 0) is 4.79 Å². The van der Waals surface area contributed by atoms with E-state index in [0.29, 0.717) is 23.5 Å². The van der Waals surface area contributed by atoms with Crippen molar-refractivity contribution in [2.45, 2.75) is 32.4 Å². The van der Waals surface area contributed by atoms with Gasteiger partial charge in [-0.25, -0.2) is 4.39 Å². The smallest absolute Gasteiger partial charge is 0.276 e. The van der Waals surface area contributed by atoms with Gasteiger partial charge in [0.1, 0.15) is 23.7 Å². The number of benzene rings is 1.